The van der Waals surface area contributed by atoms with Gasteiger partial charge in [-0.15, -0.1) is 0 Å². The summed E-state index contributed by atoms with van der Waals surface area (Å²) in [6, 6.07) is 3.72. The Morgan fingerprint density at radius 1 is 1.45 bits per heavy atom. The summed E-state index contributed by atoms with van der Waals surface area (Å²) >= 11 is 0. The van der Waals surface area contributed by atoms with Crippen molar-refractivity contribution in [2.24, 2.45) is 5.92 Å². The van der Waals surface area contributed by atoms with Crippen LogP contribution in [0, 0.1) is 18.7 Å². The van der Waals surface area contributed by atoms with Gasteiger partial charge >= 0.3 is 5.97 Å². The van der Waals surface area contributed by atoms with Crippen LogP contribution < -0.4 is 0 Å². The molecule has 0 bridgehead atoms. The Morgan fingerprint density at radius 2 is 2.05 bits per heavy atom. The fraction of sp³-hybridized carbons (Fsp3) is 0.462. The zero-order valence-electron chi connectivity index (χ0n) is 11.9. The molecule has 0 fully saturated rings. The highest BCUT2D eigenvalue weighted by molar-refractivity contribution is 7.89. The Hall–Kier alpha value is -1.47. The van der Waals surface area contributed by atoms with E-state index in [4.69, 9.17) is 0 Å². The van der Waals surface area contributed by atoms with Crippen molar-refractivity contribution in [1.82, 2.24) is 4.31 Å². The SMILES string of the molecule is COC(=O)C(C)CN(C)S(=O)(=O)c1ccc(C)c(F)c1. The fourth-order valence-electron chi connectivity index (χ4n) is 1.67. The lowest BCUT2D eigenvalue weighted by Crippen LogP contribution is -2.34. The molecule has 0 saturated heterocycles. The predicted molar refractivity (Wildman–Crippen MR) is 72.1 cm³/mol. The third kappa shape index (κ3) is 3.55. The number of ether oxygens (including phenoxy) is 1. The van der Waals surface area contributed by atoms with Crippen LogP contribution in [0.4, 0.5) is 4.39 Å². The number of methoxy groups -OCH3 is 1. The molecule has 1 aromatic carbocycles. The second-order valence-electron chi connectivity index (χ2n) is 4.62. The third-order valence-corrected chi connectivity index (χ3v) is 4.81. The first-order valence-corrected chi connectivity index (χ1v) is 7.44. The molecule has 1 atom stereocenters. The van der Waals surface area contributed by atoms with E-state index in [2.05, 4.69) is 4.74 Å². The molecular formula is C13H18FNO4S. The Bertz CT molecular complexity index is 600. The van der Waals surface area contributed by atoms with Crippen LogP contribution in [0.2, 0.25) is 0 Å². The number of halogens is 1. The van der Waals surface area contributed by atoms with E-state index in [-0.39, 0.29) is 11.4 Å². The molecule has 0 amide bonds. The molecule has 0 radical (unpaired) electrons. The highest BCUT2D eigenvalue weighted by atomic mass is 32.2. The van der Waals surface area contributed by atoms with Gasteiger partial charge in [0.05, 0.1) is 17.9 Å². The smallest absolute Gasteiger partial charge is 0.309 e. The summed E-state index contributed by atoms with van der Waals surface area (Å²) in [5.74, 6) is -1.68. The van der Waals surface area contributed by atoms with Gasteiger partial charge in [0.1, 0.15) is 5.82 Å². The number of esters is 1. The maximum atomic E-state index is 13.5. The van der Waals surface area contributed by atoms with E-state index >= 15 is 0 Å². The van der Waals surface area contributed by atoms with Gasteiger partial charge in [-0.05, 0) is 24.6 Å². The van der Waals surface area contributed by atoms with Crippen molar-refractivity contribution in [2.45, 2.75) is 18.7 Å². The van der Waals surface area contributed by atoms with Crippen LogP contribution in [0.1, 0.15) is 12.5 Å². The highest BCUT2D eigenvalue weighted by Crippen LogP contribution is 2.18. The highest BCUT2D eigenvalue weighted by Gasteiger charge is 2.25. The largest absolute Gasteiger partial charge is 0.469 e. The van der Waals surface area contributed by atoms with Gasteiger partial charge in [0.15, 0.2) is 0 Å². The van der Waals surface area contributed by atoms with Crippen molar-refractivity contribution in [3.63, 3.8) is 0 Å². The fourth-order valence-corrected chi connectivity index (χ4v) is 2.95. The Kier molecular flexibility index (Phi) is 5.24. The molecule has 0 aliphatic carbocycles. The third-order valence-electron chi connectivity index (χ3n) is 2.99. The summed E-state index contributed by atoms with van der Waals surface area (Å²) in [5, 5.41) is 0. The number of benzene rings is 1. The number of rotatable bonds is 5. The molecule has 5 nitrogen and oxygen atoms in total. The van der Waals surface area contributed by atoms with Crippen molar-refractivity contribution < 1.29 is 22.3 Å². The van der Waals surface area contributed by atoms with E-state index in [9.17, 15) is 17.6 Å². The average molecular weight is 303 g/mol. The van der Waals surface area contributed by atoms with Gasteiger partial charge in [-0.1, -0.05) is 13.0 Å². The molecule has 0 aliphatic rings. The summed E-state index contributed by atoms with van der Waals surface area (Å²) in [6.07, 6.45) is 0. The molecule has 0 spiro atoms. The second kappa shape index (κ2) is 6.32. The van der Waals surface area contributed by atoms with E-state index in [1.54, 1.807) is 13.8 Å². The first-order valence-electron chi connectivity index (χ1n) is 6.00. The first kappa shape index (κ1) is 16.6. The molecule has 0 heterocycles. The molecule has 0 aromatic heterocycles. The molecule has 112 valence electrons. The van der Waals surface area contributed by atoms with Crippen molar-refractivity contribution in [3.05, 3.63) is 29.6 Å². The molecule has 1 unspecified atom stereocenters. The van der Waals surface area contributed by atoms with E-state index in [0.717, 1.165) is 10.4 Å². The zero-order chi connectivity index (χ0) is 15.5. The first-order chi connectivity index (χ1) is 9.20. The number of nitrogens with zero attached hydrogens (tertiary/aromatic N) is 1. The van der Waals surface area contributed by atoms with Gasteiger partial charge < -0.3 is 4.74 Å². The lowest BCUT2D eigenvalue weighted by Gasteiger charge is -2.20. The van der Waals surface area contributed by atoms with E-state index in [0.29, 0.717) is 5.56 Å². The summed E-state index contributed by atoms with van der Waals surface area (Å²) in [7, 11) is -1.25. The molecule has 0 N–H and O–H groups in total. The van der Waals surface area contributed by atoms with Gasteiger partial charge in [-0.2, -0.15) is 0 Å². The molecule has 20 heavy (non-hydrogen) atoms. The van der Waals surface area contributed by atoms with E-state index in [1.165, 1.54) is 26.3 Å². The number of sulfonamides is 1. The van der Waals surface area contributed by atoms with Crippen LogP contribution in [0.25, 0.3) is 0 Å². The van der Waals surface area contributed by atoms with Gasteiger partial charge in [0.2, 0.25) is 10.0 Å². The summed E-state index contributed by atoms with van der Waals surface area (Å²) in [4.78, 5) is 11.2. The Labute approximate surface area is 118 Å². The van der Waals surface area contributed by atoms with Crippen molar-refractivity contribution in [2.75, 3.05) is 20.7 Å². The molecule has 1 aromatic rings. The van der Waals surface area contributed by atoms with Crippen molar-refractivity contribution in [1.29, 1.82) is 0 Å². The molecule has 7 heteroatoms. The summed E-state index contributed by atoms with van der Waals surface area (Å²) in [5.41, 5.74) is 0.370. The van der Waals surface area contributed by atoms with E-state index in [1.807, 2.05) is 0 Å². The van der Waals surface area contributed by atoms with Gasteiger partial charge in [0.25, 0.3) is 0 Å². The lowest BCUT2D eigenvalue weighted by atomic mass is 10.2. The van der Waals surface area contributed by atoms with Gasteiger partial charge in [-0.25, -0.2) is 17.1 Å². The molecular weight excluding hydrogens is 285 g/mol. The number of aryl methyl sites for hydroxylation is 1. The van der Waals surface area contributed by atoms with Crippen molar-refractivity contribution >= 4 is 16.0 Å². The average Bonchev–Trinajstić information content (AvgIpc) is 2.40. The Morgan fingerprint density at radius 3 is 2.55 bits per heavy atom. The van der Waals surface area contributed by atoms with Crippen LogP contribution in [-0.2, 0) is 19.6 Å². The minimum Gasteiger partial charge on any atom is -0.469 e. The molecule has 1 rings (SSSR count). The molecule has 0 saturated carbocycles. The van der Waals surface area contributed by atoms with Crippen LogP contribution in [0.3, 0.4) is 0 Å². The zero-order valence-corrected chi connectivity index (χ0v) is 12.7. The summed E-state index contributed by atoms with van der Waals surface area (Å²) < 4.78 is 43.5. The second-order valence-corrected chi connectivity index (χ2v) is 6.67. The Balaban J connectivity index is 2.98. The van der Waals surface area contributed by atoms with Crippen LogP contribution >= 0.6 is 0 Å². The maximum Gasteiger partial charge on any atom is 0.309 e. The topological polar surface area (TPSA) is 63.7 Å². The molecule has 0 aliphatic heterocycles. The van der Waals surface area contributed by atoms with Gasteiger partial charge in [0, 0.05) is 13.6 Å². The lowest BCUT2D eigenvalue weighted by molar-refractivity contribution is -0.144. The maximum absolute atomic E-state index is 13.5. The number of hydrogen-bond donors (Lipinski definition) is 0. The number of hydrogen-bond acceptors (Lipinski definition) is 4. The van der Waals surface area contributed by atoms with E-state index < -0.39 is 27.7 Å². The minimum atomic E-state index is -3.83. The van der Waals surface area contributed by atoms with Crippen LogP contribution in [-0.4, -0.2) is 39.4 Å². The standard InChI is InChI=1S/C13H18FNO4S/c1-9-5-6-11(7-12(9)14)20(17,18)15(3)8-10(2)13(16)19-4/h5-7,10H,8H2,1-4H3. The summed E-state index contributed by atoms with van der Waals surface area (Å²) in [6.45, 7) is 3.08. The predicted octanol–water partition coefficient (Wildman–Crippen LogP) is 1.56. The van der Waals surface area contributed by atoms with Crippen LogP contribution in [0.15, 0.2) is 23.1 Å². The van der Waals surface area contributed by atoms with Crippen LogP contribution in [0.5, 0.6) is 0 Å². The number of carbonyl (C=O) groups excluding carboxylic acids is 1. The minimum absolute atomic E-state index is 0.0372. The monoisotopic (exact) mass is 303 g/mol. The number of carbonyl (C=O) groups is 1. The van der Waals surface area contributed by atoms with Gasteiger partial charge in [-0.3, -0.25) is 4.79 Å². The normalized spacial score (nSPS) is 13.3. The quantitative estimate of drug-likeness (QED) is 0.775. The van der Waals surface area contributed by atoms with Crippen molar-refractivity contribution in [3.8, 4) is 0 Å².